The third-order valence-corrected chi connectivity index (χ3v) is 3.86. The van der Waals surface area contributed by atoms with E-state index < -0.39 is 0 Å². The van der Waals surface area contributed by atoms with Gasteiger partial charge < -0.3 is 4.74 Å². The summed E-state index contributed by atoms with van der Waals surface area (Å²) in [5.41, 5.74) is 1.15. The van der Waals surface area contributed by atoms with E-state index >= 15 is 0 Å². The van der Waals surface area contributed by atoms with Gasteiger partial charge in [-0.05, 0) is 18.2 Å². The van der Waals surface area contributed by atoms with Crippen LogP contribution in [0.2, 0.25) is 0 Å². The summed E-state index contributed by atoms with van der Waals surface area (Å²) in [4.78, 5) is 10.8. The number of ether oxygens (including phenoxy) is 1. The van der Waals surface area contributed by atoms with Crippen LogP contribution in [-0.4, -0.2) is 17.1 Å². The van der Waals surface area contributed by atoms with Crippen molar-refractivity contribution in [2.24, 2.45) is 0 Å². The van der Waals surface area contributed by atoms with E-state index in [4.69, 9.17) is 4.74 Å². The molecule has 0 aromatic carbocycles. The second-order valence-corrected chi connectivity index (χ2v) is 5.09. The molecule has 0 N–H and O–H groups in total. The van der Waals surface area contributed by atoms with Crippen molar-refractivity contribution in [1.29, 1.82) is 0 Å². The summed E-state index contributed by atoms with van der Waals surface area (Å²) in [5, 5.41) is 1.20. The summed E-state index contributed by atoms with van der Waals surface area (Å²) in [6, 6.07) is 8.24. The van der Waals surface area contributed by atoms with Gasteiger partial charge in [-0.1, -0.05) is 6.07 Å². The Labute approximate surface area is 109 Å². The van der Waals surface area contributed by atoms with Gasteiger partial charge in [-0.2, -0.15) is 0 Å². The summed E-state index contributed by atoms with van der Waals surface area (Å²) in [7, 11) is 1.67. The number of thiophene rings is 1. The topological polar surface area (TPSA) is 35.0 Å². The van der Waals surface area contributed by atoms with Crippen molar-refractivity contribution in [3.63, 3.8) is 0 Å². The van der Waals surface area contributed by atoms with Gasteiger partial charge in [-0.15, -0.1) is 11.3 Å². The summed E-state index contributed by atoms with van der Waals surface area (Å²) in [6.07, 6.45) is 6.23. The van der Waals surface area contributed by atoms with Crippen LogP contribution in [-0.2, 0) is 6.42 Å². The third-order valence-electron chi connectivity index (χ3n) is 2.80. The molecule has 0 aliphatic carbocycles. The largest absolute Gasteiger partial charge is 0.495 e. The second-order valence-electron chi connectivity index (χ2n) is 3.97. The van der Waals surface area contributed by atoms with Crippen molar-refractivity contribution in [3.8, 4) is 5.75 Å². The summed E-state index contributed by atoms with van der Waals surface area (Å²) < 4.78 is 5.32. The average Bonchev–Trinajstić information content (AvgIpc) is 2.81. The Morgan fingerprint density at radius 2 is 2.22 bits per heavy atom. The molecule has 0 aliphatic rings. The average molecular weight is 256 g/mol. The lowest BCUT2D eigenvalue weighted by molar-refractivity contribution is 0.408. The molecule has 0 saturated carbocycles. The molecule has 3 aromatic rings. The van der Waals surface area contributed by atoms with Crippen molar-refractivity contribution in [2.75, 3.05) is 7.11 Å². The highest BCUT2D eigenvalue weighted by molar-refractivity contribution is 7.18. The fraction of sp³-hybridized carbons (Fsp3) is 0.143. The van der Waals surface area contributed by atoms with E-state index in [1.807, 2.05) is 18.3 Å². The van der Waals surface area contributed by atoms with Crippen molar-refractivity contribution >= 4 is 21.6 Å². The maximum atomic E-state index is 5.32. The molecule has 0 bridgehead atoms. The molecular formula is C14H12N2OS. The van der Waals surface area contributed by atoms with Crippen LogP contribution in [0.3, 0.4) is 0 Å². The number of rotatable bonds is 3. The van der Waals surface area contributed by atoms with Crippen molar-refractivity contribution in [3.05, 3.63) is 53.3 Å². The molecule has 4 heteroatoms. The molecule has 0 radical (unpaired) electrons. The van der Waals surface area contributed by atoms with Crippen molar-refractivity contribution in [1.82, 2.24) is 9.97 Å². The molecule has 3 rings (SSSR count). The van der Waals surface area contributed by atoms with Gasteiger partial charge in [0.2, 0.25) is 0 Å². The van der Waals surface area contributed by atoms with Crippen LogP contribution in [0, 0.1) is 0 Å². The van der Waals surface area contributed by atoms with Gasteiger partial charge >= 0.3 is 0 Å². The lowest BCUT2D eigenvalue weighted by atomic mass is 10.1. The van der Waals surface area contributed by atoms with E-state index in [2.05, 4.69) is 22.1 Å². The van der Waals surface area contributed by atoms with Gasteiger partial charge in [0.25, 0.3) is 0 Å². The smallest absolute Gasteiger partial charge is 0.140 e. The number of nitrogens with zero attached hydrogens (tertiary/aromatic N) is 2. The minimum Gasteiger partial charge on any atom is -0.495 e. The Morgan fingerprint density at radius 3 is 3.06 bits per heavy atom. The number of aromatic nitrogens is 2. The molecule has 18 heavy (non-hydrogen) atoms. The SMILES string of the molecule is COc1cnccc1Cc1cc2cccnc2s1. The van der Waals surface area contributed by atoms with E-state index in [0.29, 0.717) is 0 Å². The molecule has 0 atom stereocenters. The number of methoxy groups -OCH3 is 1. The first-order chi connectivity index (χ1) is 8.86. The highest BCUT2D eigenvalue weighted by atomic mass is 32.1. The standard InChI is InChI=1S/C14H12N2OS/c1-17-13-9-15-6-4-10(13)7-12-8-11-3-2-5-16-14(11)18-12/h2-6,8-9H,7H2,1H3. The van der Waals surface area contributed by atoms with Crippen molar-refractivity contribution in [2.45, 2.75) is 6.42 Å². The molecule has 3 heterocycles. The van der Waals surface area contributed by atoms with Crippen LogP contribution in [0.5, 0.6) is 5.75 Å². The maximum Gasteiger partial charge on any atom is 0.140 e. The zero-order chi connectivity index (χ0) is 12.4. The van der Waals surface area contributed by atoms with Crippen LogP contribution < -0.4 is 4.74 Å². The van der Waals surface area contributed by atoms with Crippen LogP contribution >= 0.6 is 11.3 Å². The van der Waals surface area contributed by atoms with Crippen molar-refractivity contribution < 1.29 is 4.74 Å². The number of pyridine rings is 2. The lowest BCUT2D eigenvalue weighted by Gasteiger charge is -2.05. The van der Waals surface area contributed by atoms with E-state index in [9.17, 15) is 0 Å². The first kappa shape index (κ1) is 11.2. The quantitative estimate of drug-likeness (QED) is 0.721. The molecular weight excluding hydrogens is 244 g/mol. The van der Waals surface area contributed by atoms with Crippen LogP contribution in [0.15, 0.2) is 42.9 Å². The zero-order valence-electron chi connectivity index (χ0n) is 9.96. The Morgan fingerprint density at radius 1 is 1.28 bits per heavy atom. The van der Waals surface area contributed by atoms with Crippen LogP contribution in [0.25, 0.3) is 10.2 Å². The second kappa shape index (κ2) is 4.74. The van der Waals surface area contributed by atoms with E-state index in [1.54, 1.807) is 30.8 Å². The predicted molar refractivity (Wildman–Crippen MR) is 73.2 cm³/mol. The van der Waals surface area contributed by atoms with E-state index in [-0.39, 0.29) is 0 Å². The minimum atomic E-state index is 0.836. The maximum absolute atomic E-state index is 5.32. The first-order valence-corrected chi connectivity index (χ1v) is 6.49. The predicted octanol–water partition coefficient (Wildman–Crippen LogP) is 3.29. The minimum absolute atomic E-state index is 0.836. The number of fused-ring (bicyclic) bond motifs is 1. The summed E-state index contributed by atoms with van der Waals surface area (Å²) in [6.45, 7) is 0. The van der Waals surface area contributed by atoms with Crippen LogP contribution in [0.4, 0.5) is 0 Å². The highest BCUT2D eigenvalue weighted by Crippen LogP contribution is 2.27. The molecule has 0 aliphatic heterocycles. The van der Waals surface area contributed by atoms with E-state index in [1.165, 1.54) is 10.3 Å². The Hall–Kier alpha value is -1.94. The Kier molecular flexibility index (Phi) is 2.94. The van der Waals surface area contributed by atoms with E-state index in [0.717, 1.165) is 22.6 Å². The first-order valence-electron chi connectivity index (χ1n) is 5.67. The van der Waals surface area contributed by atoms with Gasteiger partial charge in [0.1, 0.15) is 10.6 Å². The molecule has 90 valence electrons. The molecule has 0 saturated heterocycles. The molecule has 0 amide bonds. The Balaban J connectivity index is 1.96. The zero-order valence-corrected chi connectivity index (χ0v) is 10.8. The molecule has 0 unspecified atom stereocenters. The number of hydrogen-bond donors (Lipinski definition) is 0. The highest BCUT2D eigenvalue weighted by Gasteiger charge is 2.07. The van der Waals surface area contributed by atoms with Gasteiger partial charge in [0.15, 0.2) is 0 Å². The Bertz CT molecular complexity index is 645. The fourth-order valence-electron chi connectivity index (χ4n) is 1.94. The molecule has 0 spiro atoms. The molecule has 3 nitrogen and oxygen atoms in total. The third kappa shape index (κ3) is 2.07. The summed E-state index contributed by atoms with van der Waals surface area (Å²) >= 11 is 1.72. The van der Waals surface area contributed by atoms with Crippen LogP contribution in [0.1, 0.15) is 10.4 Å². The summed E-state index contributed by atoms with van der Waals surface area (Å²) in [5.74, 6) is 0.836. The number of hydrogen-bond acceptors (Lipinski definition) is 4. The normalized spacial score (nSPS) is 10.7. The van der Waals surface area contributed by atoms with Gasteiger partial charge in [-0.25, -0.2) is 4.98 Å². The fourth-order valence-corrected chi connectivity index (χ4v) is 2.96. The van der Waals surface area contributed by atoms with Gasteiger partial charge in [0, 0.05) is 34.6 Å². The molecule has 3 aromatic heterocycles. The lowest BCUT2D eigenvalue weighted by Crippen LogP contribution is -1.92. The van der Waals surface area contributed by atoms with Gasteiger partial charge in [-0.3, -0.25) is 4.98 Å². The monoisotopic (exact) mass is 256 g/mol. The van der Waals surface area contributed by atoms with Gasteiger partial charge in [0.05, 0.1) is 13.3 Å². The molecule has 0 fully saturated rings.